The van der Waals surface area contributed by atoms with E-state index in [2.05, 4.69) is 15.4 Å². The second-order valence-corrected chi connectivity index (χ2v) is 9.64. The maximum absolute atomic E-state index is 13.3. The zero-order valence-electron chi connectivity index (χ0n) is 21.4. The third kappa shape index (κ3) is 7.05. The molecule has 2 unspecified atom stereocenters. The summed E-state index contributed by atoms with van der Waals surface area (Å²) in [4.78, 5) is 55.2. The molecular weight excluding hydrogens is 479 g/mol. The molecule has 0 saturated carbocycles. The second kappa shape index (κ2) is 11.9. The molecule has 2 atom stereocenters. The number of nitrogens with zero attached hydrogens (tertiary/aromatic N) is 3. The number of hydrogen-bond donors (Lipinski definition) is 1. The molecule has 9 nitrogen and oxygen atoms in total. The van der Waals surface area contributed by atoms with E-state index in [0.717, 1.165) is 10.8 Å². The summed E-state index contributed by atoms with van der Waals surface area (Å²) in [6.07, 6.45) is 2.78. The predicted octanol–water partition coefficient (Wildman–Crippen LogP) is 3.09. The number of ketones is 1. The number of esters is 1. The third-order valence-corrected chi connectivity index (χ3v) is 5.73. The Hall–Kier alpha value is -3.95. The minimum atomic E-state index is -1.41. The third-order valence-electron chi connectivity index (χ3n) is 5.73. The van der Waals surface area contributed by atoms with Crippen LogP contribution in [0.2, 0.25) is 0 Å². The van der Waals surface area contributed by atoms with Crippen LogP contribution in [0.4, 0.5) is 4.39 Å². The molecule has 0 radical (unpaired) electrons. The van der Waals surface area contributed by atoms with Gasteiger partial charge in [0.2, 0.25) is 5.91 Å². The van der Waals surface area contributed by atoms with Crippen molar-refractivity contribution < 1.29 is 23.5 Å². The first-order valence-electron chi connectivity index (χ1n) is 12.0. The van der Waals surface area contributed by atoms with Crippen LogP contribution in [0.25, 0.3) is 10.8 Å². The molecule has 0 spiro atoms. The molecule has 0 aliphatic carbocycles. The highest BCUT2D eigenvalue weighted by Crippen LogP contribution is 2.19. The average Bonchev–Trinajstić information content (AvgIpc) is 2.84. The Morgan fingerprint density at radius 1 is 1.11 bits per heavy atom. The molecule has 37 heavy (non-hydrogen) atoms. The largest absolute Gasteiger partial charge is 0.460 e. The van der Waals surface area contributed by atoms with Crippen molar-refractivity contribution in [2.24, 2.45) is 0 Å². The lowest BCUT2D eigenvalue weighted by Crippen LogP contribution is -2.46. The molecule has 2 heterocycles. The number of nitrogens with one attached hydrogen (secondary N) is 1. The van der Waals surface area contributed by atoms with Crippen molar-refractivity contribution in [3.63, 3.8) is 0 Å². The minimum absolute atomic E-state index is 0.0910. The van der Waals surface area contributed by atoms with Crippen molar-refractivity contribution in [3.8, 4) is 0 Å². The van der Waals surface area contributed by atoms with Gasteiger partial charge in [0.25, 0.3) is 5.56 Å². The molecule has 0 aliphatic rings. The number of fused-ring (bicyclic) bond motifs is 1. The Labute approximate surface area is 214 Å². The van der Waals surface area contributed by atoms with E-state index < -0.39 is 53.9 Å². The number of hydrogen-bond acceptors (Lipinski definition) is 7. The van der Waals surface area contributed by atoms with Crippen molar-refractivity contribution >= 4 is 28.4 Å². The standard InChI is InChI=1S/C27H31FN4O5/c1-5-18(25(35)31-21(23(33)15-28)14-24(34)37-27(2,3)4)20-11-13-30-32(26(20)36)16-22-19-9-7-6-8-17(19)10-12-29-22/h6-13,18,21H,5,14-16H2,1-4H3,(H,31,35). The van der Waals surface area contributed by atoms with Gasteiger partial charge < -0.3 is 10.1 Å². The highest BCUT2D eigenvalue weighted by Gasteiger charge is 2.30. The summed E-state index contributed by atoms with van der Waals surface area (Å²) in [5, 5.41) is 8.45. The summed E-state index contributed by atoms with van der Waals surface area (Å²) in [6, 6.07) is 9.54. The fourth-order valence-electron chi connectivity index (χ4n) is 4.00. The Kier molecular flexibility index (Phi) is 8.86. The maximum atomic E-state index is 13.3. The van der Waals surface area contributed by atoms with Gasteiger partial charge in [-0.15, -0.1) is 0 Å². The van der Waals surface area contributed by atoms with Crippen molar-refractivity contribution in [3.05, 3.63) is 70.4 Å². The van der Waals surface area contributed by atoms with E-state index in [1.165, 1.54) is 16.9 Å². The van der Waals surface area contributed by atoms with Gasteiger partial charge in [0.05, 0.1) is 24.6 Å². The summed E-state index contributed by atoms with van der Waals surface area (Å²) in [5.41, 5.74) is -0.482. The van der Waals surface area contributed by atoms with E-state index in [-0.39, 0.29) is 18.5 Å². The van der Waals surface area contributed by atoms with Crippen molar-refractivity contribution in [1.82, 2.24) is 20.1 Å². The lowest BCUT2D eigenvalue weighted by molar-refractivity contribution is -0.156. The first-order valence-corrected chi connectivity index (χ1v) is 12.0. The lowest BCUT2D eigenvalue weighted by Gasteiger charge is -2.23. The van der Waals surface area contributed by atoms with Crippen LogP contribution in [-0.4, -0.2) is 50.7 Å². The van der Waals surface area contributed by atoms with E-state index in [1.807, 2.05) is 30.3 Å². The van der Waals surface area contributed by atoms with Crippen LogP contribution in [0.1, 0.15) is 57.7 Å². The number of carbonyl (C=O) groups excluding carboxylic acids is 3. The zero-order chi connectivity index (χ0) is 27.2. The van der Waals surface area contributed by atoms with Crippen LogP contribution in [0.5, 0.6) is 0 Å². The normalized spacial score (nSPS) is 13.1. The SMILES string of the molecule is CCC(C(=O)NC(CC(=O)OC(C)(C)C)C(=O)CF)c1ccnn(Cc2nccc3ccccc23)c1=O. The van der Waals surface area contributed by atoms with E-state index in [0.29, 0.717) is 5.69 Å². The monoisotopic (exact) mass is 510 g/mol. The fourth-order valence-corrected chi connectivity index (χ4v) is 4.00. The molecule has 0 aliphatic heterocycles. The molecule has 0 fully saturated rings. The van der Waals surface area contributed by atoms with E-state index >= 15 is 0 Å². The van der Waals surface area contributed by atoms with Gasteiger partial charge in [-0.3, -0.25) is 24.2 Å². The quantitative estimate of drug-likeness (QED) is 0.416. The number of amides is 1. The van der Waals surface area contributed by atoms with Gasteiger partial charge in [0, 0.05) is 23.3 Å². The maximum Gasteiger partial charge on any atom is 0.308 e. The van der Waals surface area contributed by atoms with Gasteiger partial charge in [-0.05, 0) is 44.7 Å². The Morgan fingerprint density at radius 3 is 2.51 bits per heavy atom. The van der Waals surface area contributed by atoms with Gasteiger partial charge in [0.1, 0.15) is 18.3 Å². The predicted molar refractivity (Wildman–Crippen MR) is 136 cm³/mol. The number of rotatable bonds is 10. The minimum Gasteiger partial charge on any atom is -0.460 e. The van der Waals surface area contributed by atoms with Gasteiger partial charge in [-0.1, -0.05) is 31.2 Å². The molecule has 1 aromatic carbocycles. The first-order chi connectivity index (χ1) is 17.5. The smallest absolute Gasteiger partial charge is 0.308 e. The van der Waals surface area contributed by atoms with E-state index in [4.69, 9.17) is 4.74 Å². The van der Waals surface area contributed by atoms with Crippen molar-refractivity contribution in [2.45, 2.75) is 64.6 Å². The van der Waals surface area contributed by atoms with E-state index in [1.54, 1.807) is 33.9 Å². The van der Waals surface area contributed by atoms with Crippen LogP contribution in [0.3, 0.4) is 0 Å². The number of halogens is 1. The number of Topliss-reactive ketones (excluding diaryl/α,β-unsaturated/α-hetero) is 1. The summed E-state index contributed by atoms with van der Waals surface area (Å²) in [6.45, 7) is 5.42. The van der Waals surface area contributed by atoms with Crippen LogP contribution in [0, 0.1) is 0 Å². The Balaban J connectivity index is 1.85. The molecule has 1 amide bonds. The molecule has 1 N–H and O–H groups in total. The van der Waals surface area contributed by atoms with Crippen LogP contribution < -0.4 is 10.9 Å². The molecule has 3 aromatic rings. The molecule has 196 valence electrons. The number of aromatic nitrogens is 3. The summed E-state index contributed by atoms with van der Waals surface area (Å²) in [5.74, 6) is -3.32. The number of alkyl halides is 1. The zero-order valence-corrected chi connectivity index (χ0v) is 21.4. The highest BCUT2D eigenvalue weighted by atomic mass is 19.1. The summed E-state index contributed by atoms with van der Waals surface area (Å²) >= 11 is 0. The molecule has 0 bridgehead atoms. The van der Waals surface area contributed by atoms with E-state index in [9.17, 15) is 23.6 Å². The lowest BCUT2D eigenvalue weighted by atomic mass is 9.96. The molecule has 0 saturated heterocycles. The molecule has 10 heteroatoms. The summed E-state index contributed by atoms with van der Waals surface area (Å²) < 4.78 is 19.6. The van der Waals surface area contributed by atoms with Crippen LogP contribution in [0.15, 0.2) is 53.6 Å². The topological polar surface area (TPSA) is 120 Å². The fraction of sp³-hybridized carbons (Fsp3) is 0.407. The second-order valence-electron chi connectivity index (χ2n) is 9.64. The van der Waals surface area contributed by atoms with Crippen LogP contribution in [-0.2, 0) is 25.7 Å². The van der Waals surface area contributed by atoms with Gasteiger partial charge in [-0.25, -0.2) is 9.07 Å². The molecular formula is C27H31FN4O5. The molecule has 3 rings (SSSR count). The average molecular weight is 511 g/mol. The first kappa shape index (κ1) is 27.6. The highest BCUT2D eigenvalue weighted by molar-refractivity contribution is 5.94. The Morgan fingerprint density at radius 2 is 1.84 bits per heavy atom. The molecule has 2 aromatic heterocycles. The number of benzene rings is 1. The van der Waals surface area contributed by atoms with Gasteiger partial charge >= 0.3 is 5.97 Å². The summed E-state index contributed by atoms with van der Waals surface area (Å²) in [7, 11) is 0. The van der Waals surface area contributed by atoms with Gasteiger partial charge in [-0.2, -0.15) is 5.10 Å². The van der Waals surface area contributed by atoms with Crippen molar-refractivity contribution in [2.75, 3.05) is 6.67 Å². The number of pyridine rings is 1. The van der Waals surface area contributed by atoms with Gasteiger partial charge in [0.15, 0.2) is 5.78 Å². The van der Waals surface area contributed by atoms with Crippen molar-refractivity contribution in [1.29, 1.82) is 0 Å². The number of ether oxygens (including phenoxy) is 1. The Bertz CT molecular complexity index is 1340. The number of carbonyl (C=O) groups is 3. The van der Waals surface area contributed by atoms with Crippen LogP contribution >= 0.6 is 0 Å².